The molecule has 1 heterocycles. The molecule has 1 N–H and O–H groups in total. The fourth-order valence-corrected chi connectivity index (χ4v) is 4.18. The monoisotopic (exact) mass is 405 g/mol. The third-order valence-corrected chi connectivity index (χ3v) is 6.00. The van der Waals surface area contributed by atoms with Gasteiger partial charge in [-0.25, -0.2) is 0 Å². The van der Waals surface area contributed by atoms with Gasteiger partial charge in [-0.05, 0) is 55.5 Å². The number of thioether (sulfide) groups is 1. The van der Waals surface area contributed by atoms with Crippen molar-refractivity contribution >= 4 is 29.1 Å². The van der Waals surface area contributed by atoms with Gasteiger partial charge < -0.3 is 9.84 Å². The molecular formula is C21H24ClNO3S. The molecule has 2 aromatic rings. The van der Waals surface area contributed by atoms with Gasteiger partial charge in [0.25, 0.3) is 0 Å². The largest absolute Gasteiger partial charge is 0.503 e. The van der Waals surface area contributed by atoms with Crippen LogP contribution in [0.3, 0.4) is 0 Å². The molecule has 6 heteroatoms. The van der Waals surface area contributed by atoms with Crippen molar-refractivity contribution in [3.63, 3.8) is 0 Å². The van der Waals surface area contributed by atoms with Gasteiger partial charge in [-0.15, -0.1) is 11.8 Å². The second kappa shape index (κ2) is 9.00. The Kier molecular flexibility index (Phi) is 6.68. The first-order valence-corrected chi connectivity index (χ1v) is 10.6. The molecule has 1 atom stereocenters. The van der Waals surface area contributed by atoms with Crippen molar-refractivity contribution < 1.29 is 14.6 Å². The number of halogens is 1. The van der Waals surface area contributed by atoms with E-state index < -0.39 is 0 Å². The molecule has 1 fully saturated rings. The summed E-state index contributed by atoms with van der Waals surface area (Å²) in [5.41, 5.74) is 1.75. The lowest BCUT2D eigenvalue weighted by atomic mass is 9.90. The number of nitrogens with zero attached hydrogens (tertiary/aromatic N) is 1. The second-order valence-corrected chi connectivity index (χ2v) is 8.08. The highest BCUT2D eigenvalue weighted by Gasteiger charge is 2.27. The molecule has 0 radical (unpaired) electrons. The number of likely N-dealkylation sites (tertiary alicyclic amines) is 1. The average molecular weight is 406 g/mol. The van der Waals surface area contributed by atoms with E-state index in [1.165, 1.54) is 7.11 Å². The molecule has 4 nitrogen and oxygen atoms in total. The number of Topliss-reactive ketones (excluding diaryl/α,β-unsaturated/α-hetero) is 1. The van der Waals surface area contributed by atoms with Crippen LogP contribution in [0.2, 0.25) is 5.02 Å². The summed E-state index contributed by atoms with van der Waals surface area (Å²) < 4.78 is 5.18. The average Bonchev–Trinajstić information content (AvgIpc) is 2.70. The van der Waals surface area contributed by atoms with Gasteiger partial charge in [0.1, 0.15) is 0 Å². The fraction of sp³-hybridized carbons (Fsp3) is 0.381. The minimum absolute atomic E-state index is 0.00774. The Bertz CT molecular complexity index is 810. The van der Waals surface area contributed by atoms with E-state index in [0.29, 0.717) is 12.3 Å². The number of aromatic hydroxyl groups is 1. The Balaban J connectivity index is 1.68. The van der Waals surface area contributed by atoms with Crippen LogP contribution in [0, 0.1) is 5.92 Å². The number of carbonyl (C=O) groups excluding carboxylic acids is 1. The highest BCUT2D eigenvalue weighted by atomic mass is 35.5. The van der Waals surface area contributed by atoms with Crippen LogP contribution in [0.5, 0.6) is 11.5 Å². The normalized spacial score (nSPS) is 17.7. The molecule has 3 rings (SSSR count). The van der Waals surface area contributed by atoms with Crippen LogP contribution in [0.25, 0.3) is 0 Å². The van der Waals surface area contributed by atoms with Crippen LogP contribution in [0.15, 0.2) is 41.3 Å². The number of hydrogen-bond acceptors (Lipinski definition) is 5. The van der Waals surface area contributed by atoms with Gasteiger partial charge in [0.15, 0.2) is 17.3 Å². The Morgan fingerprint density at radius 1 is 1.33 bits per heavy atom. The van der Waals surface area contributed by atoms with Crippen molar-refractivity contribution in [1.29, 1.82) is 0 Å². The lowest BCUT2D eigenvalue weighted by molar-refractivity contribution is 0.0811. The number of carbonyl (C=O) groups is 1. The third-order valence-electron chi connectivity index (χ3n) is 4.97. The van der Waals surface area contributed by atoms with Gasteiger partial charge in [0.2, 0.25) is 0 Å². The van der Waals surface area contributed by atoms with Crippen molar-refractivity contribution in [3.05, 3.63) is 52.5 Å². The lowest BCUT2D eigenvalue weighted by Crippen LogP contribution is -2.38. The molecule has 1 saturated heterocycles. The number of rotatable bonds is 6. The van der Waals surface area contributed by atoms with E-state index >= 15 is 0 Å². The Morgan fingerprint density at radius 3 is 2.74 bits per heavy atom. The molecule has 1 aliphatic heterocycles. The molecular weight excluding hydrogens is 382 g/mol. The minimum atomic E-state index is -0.0386. The standard InChI is InChI=1S/C21H24ClNO3S/c1-26-19-11-14(10-18(22)21(19)25)12-23-9-3-4-16(13-23)20(24)15-5-7-17(27-2)8-6-15/h5-8,10-11,16,25H,3-4,9,12-13H2,1-2H3/t16-/m0/s1. The van der Waals surface area contributed by atoms with Gasteiger partial charge >= 0.3 is 0 Å². The first-order valence-electron chi connectivity index (χ1n) is 8.97. The van der Waals surface area contributed by atoms with Crippen LogP contribution in [0.1, 0.15) is 28.8 Å². The number of hydrogen-bond donors (Lipinski definition) is 1. The number of ketones is 1. The summed E-state index contributed by atoms with van der Waals surface area (Å²) in [6, 6.07) is 11.4. The first kappa shape index (κ1) is 20.1. The van der Waals surface area contributed by atoms with Crippen LogP contribution >= 0.6 is 23.4 Å². The van der Waals surface area contributed by atoms with Crippen molar-refractivity contribution in [1.82, 2.24) is 4.90 Å². The van der Waals surface area contributed by atoms with Crippen LogP contribution in [-0.4, -0.2) is 42.2 Å². The van der Waals surface area contributed by atoms with Gasteiger partial charge in [-0.3, -0.25) is 9.69 Å². The summed E-state index contributed by atoms with van der Waals surface area (Å²) in [6.07, 6.45) is 3.93. The van der Waals surface area contributed by atoms with Gasteiger partial charge in [0, 0.05) is 29.5 Å². The van der Waals surface area contributed by atoms with Crippen LogP contribution in [0.4, 0.5) is 0 Å². The molecule has 0 spiro atoms. The molecule has 0 unspecified atom stereocenters. The van der Waals surface area contributed by atoms with Gasteiger partial charge in [0.05, 0.1) is 12.1 Å². The summed E-state index contributed by atoms with van der Waals surface area (Å²) in [5, 5.41) is 10.2. The molecule has 2 aromatic carbocycles. The first-order chi connectivity index (χ1) is 13.0. The second-order valence-electron chi connectivity index (χ2n) is 6.80. The van der Waals surface area contributed by atoms with Crippen LogP contribution < -0.4 is 4.74 Å². The zero-order valence-corrected chi connectivity index (χ0v) is 17.1. The number of phenols is 1. The number of piperidine rings is 1. The molecule has 0 amide bonds. The van der Waals surface area contributed by atoms with E-state index in [4.69, 9.17) is 16.3 Å². The van der Waals surface area contributed by atoms with E-state index in [1.807, 2.05) is 30.5 Å². The van der Waals surface area contributed by atoms with Crippen molar-refractivity contribution in [2.75, 3.05) is 26.5 Å². The summed E-state index contributed by atoms with van der Waals surface area (Å²) in [5.74, 6) is 0.557. The van der Waals surface area contributed by atoms with Crippen LogP contribution in [-0.2, 0) is 6.54 Å². The molecule has 0 bridgehead atoms. The van der Waals surface area contributed by atoms with Gasteiger partial charge in [-0.1, -0.05) is 23.7 Å². The number of methoxy groups -OCH3 is 1. The van der Waals surface area contributed by atoms with E-state index in [9.17, 15) is 9.90 Å². The Labute approximate surface area is 169 Å². The Morgan fingerprint density at radius 2 is 2.07 bits per heavy atom. The zero-order chi connectivity index (χ0) is 19.4. The van der Waals surface area contributed by atoms with E-state index in [1.54, 1.807) is 23.9 Å². The summed E-state index contributed by atoms with van der Waals surface area (Å²) in [4.78, 5) is 16.3. The SMILES string of the molecule is COc1cc(CN2CCC[C@H](C(=O)c3ccc(SC)cc3)C2)cc(Cl)c1O. The predicted octanol–water partition coefficient (Wildman–Crippen LogP) is 4.87. The number of ether oxygens (including phenoxy) is 1. The quantitative estimate of drug-likeness (QED) is 0.548. The van der Waals surface area contributed by atoms with Crippen molar-refractivity contribution in [2.45, 2.75) is 24.3 Å². The predicted molar refractivity (Wildman–Crippen MR) is 110 cm³/mol. The smallest absolute Gasteiger partial charge is 0.176 e. The molecule has 0 aliphatic carbocycles. The molecule has 144 valence electrons. The highest BCUT2D eigenvalue weighted by molar-refractivity contribution is 7.98. The third kappa shape index (κ3) is 4.78. The number of benzene rings is 2. The maximum absolute atomic E-state index is 12.9. The topological polar surface area (TPSA) is 49.8 Å². The molecule has 1 aliphatic rings. The zero-order valence-electron chi connectivity index (χ0n) is 15.6. The molecule has 0 saturated carbocycles. The van der Waals surface area contributed by atoms with E-state index in [0.717, 1.165) is 42.0 Å². The molecule has 0 aromatic heterocycles. The Hall–Kier alpha value is -1.69. The fourth-order valence-electron chi connectivity index (χ4n) is 3.54. The van der Waals surface area contributed by atoms with Gasteiger partial charge in [-0.2, -0.15) is 0 Å². The number of phenolic OH excluding ortho intramolecular Hbond substituents is 1. The summed E-state index contributed by atoms with van der Waals surface area (Å²) in [6.45, 7) is 2.34. The maximum atomic E-state index is 12.9. The maximum Gasteiger partial charge on any atom is 0.176 e. The highest BCUT2D eigenvalue weighted by Crippen LogP contribution is 2.35. The molecule has 27 heavy (non-hydrogen) atoms. The van der Waals surface area contributed by atoms with E-state index in [-0.39, 0.29) is 22.5 Å². The summed E-state index contributed by atoms with van der Waals surface area (Å²) >= 11 is 7.77. The minimum Gasteiger partial charge on any atom is -0.503 e. The van der Waals surface area contributed by atoms with Crippen molar-refractivity contribution in [3.8, 4) is 11.5 Å². The lowest BCUT2D eigenvalue weighted by Gasteiger charge is -2.32. The van der Waals surface area contributed by atoms with E-state index in [2.05, 4.69) is 4.90 Å². The van der Waals surface area contributed by atoms with Crippen molar-refractivity contribution in [2.24, 2.45) is 5.92 Å². The summed E-state index contributed by atoms with van der Waals surface area (Å²) in [7, 11) is 1.51.